The van der Waals surface area contributed by atoms with E-state index in [4.69, 9.17) is 5.73 Å². The monoisotopic (exact) mass is 532 g/mol. The Morgan fingerprint density at radius 3 is 2.57 bits per heavy atom. The summed E-state index contributed by atoms with van der Waals surface area (Å²) in [6.07, 6.45) is 1.08. The predicted molar refractivity (Wildman–Crippen MR) is 131 cm³/mol. The Bertz CT molecular complexity index is 1530. The van der Waals surface area contributed by atoms with E-state index in [1.165, 1.54) is 16.9 Å². The minimum absolute atomic E-state index is 0.0106. The summed E-state index contributed by atoms with van der Waals surface area (Å²) in [4.78, 5) is 39.8. The number of aryl methyl sites for hydroxylation is 2. The number of nitrogens with two attached hydrogens (primary N) is 1. The second-order valence-electron chi connectivity index (χ2n) is 8.30. The topological polar surface area (TPSA) is 164 Å². The third-order valence-electron chi connectivity index (χ3n) is 5.68. The van der Waals surface area contributed by atoms with Crippen molar-refractivity contribution in [1.82, 2.24) is 24.5 Å². The molecule has 0 aliphatic rings. The van der Waals surface area contributed by atoms with Crippen LogP contribution >= 0.6 is 11.3 Å². The Balaban J connectivity index is 1.80. The molecule has 3 N–H and O–H groups in total. The Kier molecular flexibility index (Phi) is 6.98. The molecule has 2 amide bonds. The van der Waals surface area contributed by atoms with E-state index >= 15 is 0 Å². The minimum atomic E-state index is -2.88. The highest BCUT2D eigenvalue weighted by Crippen LogP contribution is 2.43. The number of nitrogens with zero attached hydrogens (tertiary/aromatic N) is 6. The number of carbonyl (C=O) groups is 2. The van der Waals surface area contributed by atoms with Crippen molar-refractivity contribution in [3.05, 3.63) is 51.0 Å². The maximum atomic E-state index is 13.7. The number of primary amides is 1. The number of nitro groups is 1. The number of anilines is 1. The molecule has 0 aliphatic heterocycles. The molecule has 15 heteroatoms. The lowest BCUT2D eigenvalue weighted by Gasteiger charge is -2.14. The van der Waals surface area contributed by atoms with Gasteiger partial charge in [0.25, 0.3) is 12.3 Å². The highest BCUT2D eigenvalue weighted by Gasteiger charge is 2.27. The van der Waals surface area contributed by atoms with Gasteiger partial charge in [-0.15, -0.1) is 11.3 Å². The summed E-state index contributed by atoms with van der Waals surface area (Å²) in [5.41, 5.74) is 6.35. The van der Waals surface area contributed by atoms with Crippen LogP contribution in [0.2, 0.25) is 0 Å². The molecule has 194 valence electrons. The van der Waals surface area contributed by atoms with E-state index in [2.05, 4.69) is 20.5 Å². The van der Waals surface area contributed by atoms with Crippen molar-refractivity contribution < 1.29 is 23.3 Å². The quantitative estimate of drug-likeness (QED) is 0.244. The number of nitrogens with one attached hydrogen (secondary N) is 1. The number of fused-ring (bicyclic) bond motifs is 1. The van der Waals surface area contributed by atoms with Crippen molar-refractivity contribution in [1.29, 1.82) is 0 Å². The van der Waals surface area contributed by atoms with E-state index in [1.807, 2.05) is 6.92 Å². The van der Waals surface area contributed by atoms with Gasteiger partial charge in [0.1, 0.15) is 27.8 Å². The standard InChI is InChI=1S/C22H22F2N8O4S/c1-4-30-9-14(11(3)29-30)13-5-15(19(23)24)27-22-16(13)17(18(37-22)20(25)33)28-21(34)10(2)7-31-8-12(6-26-31)32(35)36/h5-6,8-10,19H,4,7H2,1-3H3,(H2,25,33)(H,28,34). The molecule has 0 saturated heterocycles. The molecule has 0 aromatic carbocycles. The SMILES string of the molecule is CCn1cc(-c2cc(C(F)F)nc3sc(C(N)=O)c(NC(=O)C(C)Cn4cc([N+](=O)[O-])cn4)c23)c(C)n1. The number of carbonyl (C=O) groups excluding carboxylic acids is 2. The van der Waals surface area contributed by atoms with Crippen molar-refractivity contribution in [3.8, 4) is 11.1 Å². The molecule has 1 unspecified atom stereocenters. The van der Waals surface area contributed by atoms with Crippen LogP contribution in [-0.2, 0) is 17.9 Å². The first-order chi connectivity index (χ1) is 17.5. The molecule has 4 heterocycles. The Labute approximate surface area is 212 Å². The van der Waals surface area contributed by atoms with Gasteiger partial charge in [0, 0.05) is 23.7 Å². The van der Waals surface area contributed by atoms with Crippen LogP contribution in [0, 0.1) is 23.0 Å². The molecule has 0 spiro atoms. The van der Waals surface area contributed by atoms with Crippen molar-refractivity contribution in [2.24, 2.45) is 11.7 Å². The molecule has 37 heavy (non-hydrogen) atoms. The number of amides is 2. The fraction of sp³-hybridized carbons (Fsp3) is 0.318. The molecule has 0 radical (unpaired) electrons. The number of halogens is 2. The average molecular weight is 533 g/mol. The Morgan fingerprint density at radius 1 is 1.27 bits per heavy atom. The van der Waals surface area contributed by atoms with E-state index in [9.17, 15) is 28.5 Å². The van der Waals surface area contributed by atoms with Crippen LogP contribution in [0.4, 0.5) is 20.2 Å². The summed E-state index contributed by atoms with van der Waals surface area (Å²) >= 11 is 0.802. The number of thiophene rings is 1. The summed E-state index contributed by atoms with van der Waals surface area (Å²) in [6, 6.07) is 1.22. The maximum Gasteiger partial charge on any atom is 0.306 e. The average Bonchev–Trinajstić information content (AvgIpc) is 3.55. The van der Waals surface area contributed by atoms with Gasteiger partial charge in [0.15, 0.2) is 0 Å². The van der Waals surface area contributed by atoms with E-state index < -0.39 is 34.8 Å². The third kappa shape index (κ3) is 5.02. The van der Waals surface area contributed by atoms with Crippen molar-refractivity contribution in [2.45, 2.75) is 40.3 Å². The van der Waals surface area contributed by atoms with Crippen molar-refractivity contribution in [2.75, 3.05) is 5.32 Å². The van der Waals surface area contributed by atoms with Gasteiger partial charge in [0.2, 0.25) is 5.91 Å². The third-order valence-corrected chi connectivity index (χ3v) is 6.78. The zero-order chi connectivity index (χ0) is 27.0. The van der Waals surface area contributed by atoms with Gasteiger partial charge in [0.05, 0.1) is 28.8 Å². The summed E-state index contributed by atoms with van der Waals surface area (Å²) in [6.45, 7) is 5.72. The summed E-state index contributed by atoms with van der Waals surface area (Å²) in [5.74, 6) is -2.14. The zero-order valence-electron chi connectivity index (χ0n) is 19.9. The molecule has 0 bridgehead atoms. The van der Waals surface area contributed by atoms with Crippen LogP contribution in [0.3, 0.4) is 0 Å². The van der Waals surface area contributed by atoms with Gasteiger partial charge in [-0.25, -0.2) is 13.8 Å². The minimum Gasteiger partial charge on any atom is -0.365 e. The van der Waals surface area contributed by atoms with E-state index in [0.29, 0.717) is 23.4 Å². The first kappa shape index (κ1) is 25.8. The number of hydrogen-bond acceptors (Lipinski definition) is 8. The van der Waals surface area contributed by atoms with Crippen LogP contribution < -0.4 is 11.1 Å². The molecule has 0 saturated carbocycles. The second-order valence-corrected chi connectivity index (χ2v) is 9.30. The normalized spacial score (nSPS) is 12.3. The number of rotatable bonds is 9. The van der Waals surface area contributed by atoms with Gasteiger partial charge in [-0.1, -0.05) is 6.92 Å². The highest BCUT2D eigenvalue weighted by molar-refractivity contribution is 7.21. The van der Waals surface area contributed by atoms with Gasteiger partial charge in [-0.3, -0.25) is 29.1 Å². The number of aromatic nitrogens is 5. The first-order valence-corrected chi connectivity index (χ1v) is 11.9. The number of alkyl halides is 2. The van der Waals surface area contributed by atoms with E-state index in [0.717, 1.165) is 17.5 Å². The van der Waals surface area contributed by atoms with Crippen molar-refractivity contribution >= 4 is 44.7 Å². The lowest BCUT2D eigenvalue weighted by atomic mass is 10.0. The largest absolute Gasteiger partial charge is 0.365 e. The van der Waals surface area contributed by atoms with Crippen molar-refractivity contribution in [3.63, 3.8) is 0 Å². The predicted octanol–water partition coefficient (Wildman–Crippen LogP) is 3.90. The lowest BCUT2D eigenvalue weighted by molar-refractivity contribution is -0.385. The summed E-state index contributed by atoms with van der Waals surface area (Å²) < 4.78 is 30.3. The molecule has 4 rings (SSSR count). The molecular formula is C22H22F2N8O4S. The molecule has 4 aromatic heterocycles. The zero-order valence-corrected chi connectivity index (χ0v) is 20.8. The lowest BCUT2D eigenvalue weighted by Crippen LogP contribution is -2.25. The second kappa shape index (κ2) is 10.0. The smallest absolute Gasteiger partial charge is 0.306 e. The van der Waals surface area contributed by atoms with E-state index in [1.54, 1.807) is 24.7 Å². The maximum absolute atomic E-state index is 13.7. The van der Waals surface area contributed by atoms with Crippen LogP contribution in [-0.4, -0.2) is 41.3 Å². The van der Waals surface area contributed by atoms with Crippen LogP contribution in [0.25, 0.3) is 21.3 Å². The molecular weight excluding hydrogens is 510 g/mol. The number of hydrogen-bond donors (Lipinski definition) is 2. The fourth-order valence-corrected chi connectivity index (χ4v) is 4.85. The van der Waals surface area contributed by atoms with Gasteiger partial charge in [-0.2, -0.15) is 10.2 Å². The Hall–Kier alpha value is -4.27. The molecule has 1 atom stereocenters. The van der Waals surface area contributed by atoms with E-state index in [-0.39, 0.29) is 33.0 Å². The van der Waals surface area contributed by atoms with Gasteiger partial charge < -0.3 is 11.1 Å². The highest BCUT2D eigenvalue weighted by atomic mass is 32.1. The van der Waals surface area contributed by atoms with Gasteiger partial charge in [-0.05, 0) is 25.5 Å². The summed E-state index contributed by atoms with van der Waals surface area (Å²) in [7, 11) is 0. The Morgan fingerprint density at radius 2 is 2.00 bits per heavy atom. The van der Waals surface area contributed by atoms with Crippen LogP contribution in [0.15, 0.2) is 24.7 Å². The van der Waals surface area contributed by atoms with Crippen LogP contribution in [0.5, 0.6) is 0 Å². The van der Waals surface area contributed by atoms with Gasteiger partial charge >= 0.3 is 5.69 Å². The number of pyridine rings is 1. The molecule has 0 aliphatic carbocycles. The molecule has 0 fully saturated rings. The first-order valence-electron chi connectivity index (χ1n) is 11.1. The summed E-state index contributed by atoms with van der Waals surface area (Å²) in [5, 5.41) is 22.2. The van der Waals surface area contributed by atoms with Crippen LogP contribution in [0.1, 0.15) is 41.3 Å². The fourth-order valence-electron chi connectivity index (χ4n) is 3.84. The molecule has 12 nitrogen and oxygen atoms in total. The molecule has 4 aromatic rings.